The Labute approximate surface area is 163 Å². The standard InChI is InChI=1S/C18H12Cl2N2O5/c1-26-15-6-5-10(22(24)25)9-13(15)21-18(23)16-8-7-14(27-16)11-3-2-4-12(19)17(11)20/h2-9H,1H3,(H,21,23). The van der Waals surface area contributed by atoms with E-state index >= 15 is 0 Å². The molecule has 3 rings (SSSR count). The van der Waals surface area contributed by atoms with Gasteiger partial charge in [-0.05, 0) is 30.3 Å². The van der Waals surface area contributed by atoms with Crippen molar-refractivity contribution < 1.29 is 18.9 Å². The summed E-state index contributed by atoms with van der Waals surface area (Å²) < 4.78 is 10.7. The Hall–Kier alpha value is -3.03. The van der Waals surface area contributed by atoms with Crippen LogP contribution in [0.4, 0.5) is 11.4 Å². The fourth-order valence-electron chi connectivity index (χ4n) is 2.39. The Morgan fingerprint density at radius 3 is 2.67 bits per heavy atom. The SMILES string of the molecule is COc1ccc([N+](=O)[O-])cc1NC(=O)c1ccc(-c2cccc(Cl)c2Cl)o1. The molecule has 1 heterocycles. The fourth-order valence-corrected chi connectivity index (χ4v) is 2.78. The van der Waals surface area contributed by atoms with Crippen molar-refractivity contribution in [3.8, 4) is 17.1 Å². The third-order valence-electron chi connectivity index (χ3n) is 3.69. The number of benzene rings is 2. The first kappa shape index (κ1) is 18.8. The van der Waals surface area contributed by atoms with Gasteiger partial charge in [-0.15, -0.1) is 0 Å². The van der Waals surface area contributed by atoms with E-state index in [0.29, 0.717) is 21.4 Å². The minimum Gasteiger partial charge on any atom is -0.495 e. The summed E-state index contributed by atoms with van der Waals surface area (Å²) in [6.45, 7) is 0. The lowest BCUT2D eigenvalue weighted by Gasteiger charge is -2.09. The van der Waals surface area contributed by atoms with E-state index in [0.717, 1.165) is 0 Å². The molecular formula is C18H12Cl2N2O5. The van der Waals surface area contributed by atoms with Gasteiger partial charge in [-0.2, -0.15) is 0 Å². The molecule has 0 spiro atoms. The van der Waals surface area contributed by atoms with Crippen LogP contribution in [0.1, 0.15) is 10.6 Å². The van der Waals surface area contributed by atoms with Gasteiger partial charge >= 0.3 is 0 Å². The van der Waals surface area contributed by atoms with Gasteiger partial charge in [0.1, 0.15) is 11.5 Å². The van der Waals surface area contributed by atoms with E-state index in [9.17, 15) is 14.9 Å². The highest BCUT2D eigenvalue weighted by atomic mass is 35.5. The molecule has 0 bridgehead atoms. The van der Waals surface area contributed by atoms with E-state index in [1.165, 1.54) is 31.4 Å². The topological polar surface area (TPSA) is 94.6 Å². The molecule has 2 aromatic carbocycles. The van der Waals surface area contributed by atoms with E-state index in [-0.39, 0.29) is 22.9 Å². The summed E-state index contributed by atoms with van der Waals surface area (Å²) in [5.74, 6) is 0.0325. The van der Waals surface area contributed by atoms with E-state index in [2.05, 4.69) is 5.32 Å². The Morgan fingerprint density at radius 2 is 1.96 bits per heavy atom. The predicted molar refractivity (Wildman–Crippen MR) is 102 cm³/mol. The molecule has 0 fully saturated rings. The van der Waals surface area contributed by atoms with E-state index < -0.39 is 10.8 Å². The number of hydrogen-bond acceptors (Lipinski definition) is 5. The number of nitrogens with one attached hydrogen (secondary N) is 1. The highest BCUT2D eigenvalue weighted by molar-refractivity contribution is 6.43. The molecule has 0 unspecified atom stereocenters. The van der Waals surface area contributed by atoms with Crippen LogP contribution >= 0.6 is 23.2 Å². The van der Waals surface area contributed by atoms with E-state index in [1.54, 1.807) is 24.3 Å². The largest absolute Gasteiger partial charge is 0.495 e. The van der Waals surface area contributed by atoms with Crippen molar-refractivity contribution in [1.82, 2.24) is 0 Å². The minimum absolute atomic E-state index is 0.00500. The average Bonchev–Trinajstić information content (AvgIpc) is 3.14. The molecule has 7 nitrogen and oxygen atoms in total. The molecule has 3 aromatic rings. The van der Waals surface area contributed by atoms with Crippen LogP contribution in [-0.2, 0) is 0 Å². The molecule has 9 heteroatoms. The lowest BCUT2D eigenvalue weighted by molar-refractivity contribution is -0.384. The van der Waals surface area contributed by atoms with Gasteiger partial charge in [0.05, 0.1) is 27.8 Å². The van der Waals surface area contributed by atoms with Gasteiger partial charge in [0.15, 0.2) is 5.76 Å². The Kier molecular flexibility index (Phi) is 5.34. The van der Waals surface area contributed by atoms with Gasteiger partial charge in [0.25, 0.3) is 11.6 Å². The Morgan fingerprint density at radius 1 is 1.19 bits per heavy atom. The van der Waals surface area contributed by atoms with Gasteiger partial charge in [-0.3, -0.25) is 14.9 Å². The van der Waals surface area contributed by atoms with Crippen molar-refractivity contribution in [2.45, 2.75) is 0 Å². The first-order valence-electron chi connectivity index (χ1n) is 7.58. The van der Waals surface area contributed by atoms with E-state index in [4.69, 9.17) is 32.4 Å². The molecule has 0 aliphatic carbocycles. The summed E-state index contributed by atoms with van der Waals surface area (Å²) >= 11 is 12.2. The third-order valence-corrected chi connectivity index (χ3v) is 4.51. The second-order valence-corrected chi connectivity index (χ2v) is 6.15. The number of nitro groups is 1. The second-order valence-electron chi connectivity index (χ2n) is 5.36. The first-order chi connectivity index (χ1) is 12.9. The minimum atomic E-state index is -0.599. The molecule has 0 aliphatic heterocycles. The second kappa shape index (κ2) is 7.69. The van der Waals surface area contributed by atoms with Crippen molar-refractivity contribution in [2.24, 2.45) is 0 Å². The molecule has 0 atom stereocenters. The van der Waals surface area contributed by atoms with Gasteiger partial charge in [0.2, 0.25) is 0 Å². The van der Waals surface area contributed by atoms with Crippen LogP contribution in [0.2, 0.25) is 10.0 Å². The molecule has 1 amide bonds. The number of anilines is 1. The average molecular weight is 407 g/mol. The van der Waals surface area contributed by atoms with Crippen LogP contribution in [0.5, 0.6) is 5.75 Å². The van der Waals surface area contributed by atoms with Gasteiger partial charge < -0.3 is 14.5 Å². The Bertz CT molecular complexity index is 1030. The number of furan rings is 1. The highest BCUT2D eigenvalue weighted by Crippen LogP contribution is 2.35. The summed E-state index contributed by atoms with van der Waals surface area (Å²) in [6.07, 6.45) is 0. The molecule has 0 saturated heterocycles. The van der Waals surface area contributed by atoms with Gasteiger partial charge in [-0.1, -0.05) is 29.3 Å². The molecule has 1 aromatic heterocycles. The number of non-ortho nitro benzene ring substituents is 1. The number of carbonyl (C=O) groups is 1. The number of carbonyl (C=O) groups excluding carboxylic acids is 1. The zero-order valence-electron chi connectivity index (χ0n) is 13.9. The van der Waals surface area contributed by atoms with Gasteiger partial charge in [-0.25, -0.2) is 0 Å². The van der Waals surface area contributed by atoms with Crippen molar-refractivity contribution >= 4 is 40.5 Å². The molecule has 1 N–H and O–H groups in total. The maximum atomic E-state index is 12.5. The molecular weight excluding hydrogens is 395 g/mol. The smallest absolute Gasteiger partial charge is 0.291 e. The maximum Gasteiger partial charge on any atom is 0.291 e. The van der Waals surface area contributed by atoms with Crippen molar-refractivity contribution in [3.05, 3.63) is 74.5 Å². The lowest BCUT2D eigenvalue weighted by Crippen LogP contribution is -2.12. The number of nitro benzene ring substituents is 1. The summed E-state index contributed by atoms with van der Waals surface area (Å²) in [7, 11) is 1.39. The monoisotopic (exact) mass is 406 g/mol. The van der Waals surface area contributed by atoms with Crippen LogP contribution in [0.25, 0.3) is 11.3 Å². The normalized spacial score (nSPS) is 10.5. The molecule has 0 aliphatic rings. The third kappa shape index (κ3) is 3.89. The summed E-state index contributed by atoms with van der Waals surface area (Å²) in [6, 6.07) is 12.0. The molecule has 0 radical (unpaired) electrons. The number of nitrogens with zero attached hydrogens (tertiary/aromatic N) is 1. The maximum absolute atomic E-state index is 12.5. The van der Waals surface area contributed by atoms with Crippen molar-refractivity contribution in [1.29, 1.82) is 0 Å². The summed E-state index contributed by atoms with van der Waals surface area (Å²) in [5, 5.41) is 14.1. The Balaban J connectivity index is 1.88. The number of rotatable bonds is 5. The van der Waals surface area contributed by atoms with Crippen LogP contribution in [0.15, 0.2) is 52.9 Å². The fraction of sp³-hybridized carbons (Fsp3) is 0.0556. The van der Waals surface area contributed by atoms with Crippen LogP contribution in [0.3, 0.4) is 0 Å². The quantitative estimate of drug-likeness (QED) is 0.450. The summed E-state index contributed by atoms with van der Waals surface area (Å²) in [4.78, 5) is 22.8. The number of amides is 1. The molecule has 138 valence electrons. The van der Waals surface area contributed by atoms with Crippen LogP contribution in [-0.4, -0.2) is 17.9 Å². The lowest BCUT2D eigenvalue weighted by atomic mass is 10.2. The van der Waals surface area contributed by atoms with Crippen molar-refractivity contribution in [3.63, 3.8) is 0 Å². The predicted octanol–water partition coefficient (Wildman–Crippen LogP) is 5.42. The number of ether oxygens (including phenoxy) is 1. The van der Waals surface area contributed by atoms with Crippen LogP contribution < -0.4 is 10.1 Å². The highest BCUT2D eigenvalue weighted by Gasteiger charge is 2.18. The van der Waals surface area contributed by atoms with Crippen molar-refractivity contribution in [2.75, 3.05) is 12.4 Å². The number of halogens is 2. The number of methoxy groups -OCH3 is 1. The zero-order valence-corrected chi connectivity index (χ0v) is 15.4. The molecule has 27 heavy (non-hydrogen) atoms. The van der Waals surface area contributed by atoms with Crippen LogP contribution in [0, 0.1) is 10.1 Å². The van der Waals surface area contributed by atoms with Gasteiger partial charge in [0, 0.05) is 17.7 Å². The van der Waals surface area contributed by atoms with E-state index in [1.807, 2.05) is 0 Å². The number of hydrogen-bond donors (Lipinski definition) is 1. The first-order valence-corrected chi connectivity index (χ1v) is 8.34. The summed E-state index contributed by atoms with van der Waals surface area (Å²) in [5.41, 5.74) is 0.503. The zero-order chi connectivity index (χ0) is 19.6. The molecule has 0 saturated carbocycles.